The van der Waals surface area contributed by atoms with E-state index in [1.54, 1.807) is 0 Å². The molecule has 0 bridgehead atoms. The predicted molar refractivity (Wildman–Crippen MR) is 77.9 cm³/mol. The first-order chi connectivity index (χ1) is 9.13. The summed E-state index contributed by atoms with van der Waals surface area (Å²) in [7, 11) is 0. The maximum absolute atomic E-state index is 11.8. The number of amides is 1. The normalized spacial score (nSPS) is 10.2. The van der Waals surface area contributed by atoms with Gasteiger partial charge in [0.2, 0.25) is 5.91 Å². The first-order valence-corrected chi connectivity index (χ1v) is 6.51. The topological polar surface area (TPSA) is 29.1 Å². The molecule has 0 fully saturated rings. The molecule has 0 atom stereocenters. The highest BCUT2D eigenvalue weighted by atomic mass is 16.1. The largest absolute Gasteiger partial charge is 0.352 e. The van der Waals surface area contributed by atoms with Crippen molar-refractivity contribution in [1.29, 1.82) is 0 Å². The fraction of sp³-hybridized carbons (Fsp3) is 0.235. The van der Waals surface area contributed by atoms with E-state index in [2.05, 4.69) is 24.4 Å². The van der Waals surface area contributed by atoms with E-state index >= 15 is 0 Å². The highest BCUT2D eigenvalue weighted by Gasteiger charge is 2.03. The van der Waals surface area contributed by atoms with Crippen molar-refractivity contribution in [2.24, 2.45) is 0 Å². The summed E-state index contributed by atoms with van der Waals surface area (Å²) in [5, 5.41) is 2.94. The van der Waals surface area contributed by atoms with Gasteiger partial charge in [-0.3, -0.25) is 4.79 Å². The van der Waals surface area contributed by atoms with E-state index in [4.69, 9.17) is 0 Å². The van der Waals surface area contributed by atoms with Gasteiger partial charge in [-0.05, 0) is 25.0 Å². The van der Waals surface area contributed by atoms with Crippen LogP contribution in [0.3, 0.4) is 0 Å². The summed E-state index contributed by atoms with van der Waals surface area (Å²) in [6, 6.07) is 16.3. The minimum atomic E-state index is 0.0597. The number of benzene rings is 2. The van der Waals surface area contributed by atoms with Crippen molar-refractivity contribution in [3.8, 4) is 0 Å². The number of hydrogen-bond donors (Lipinski definition) is 1. The molecular weight excluding hydrogens is 234 g/mol. The molecule has 2 rings (SSSR count). The van der Waals surface area contributed by atoms with Crippen LogP contribution in [0.15, 0.2) is 48.5 Å². The molecule has 0 aliphatic heterocycles. The molecule has 0 aliphatic carbocycles. The molecule has 1 amide bonds. The molecular formula is C17H19NO. The van der Waals surface area contributed by atoms with Crippen LogP contribution in [0.25, 0.3) is 0 Å². The lowest BCUT2D eigenvalue weighted by atomic mass is 10.1. The van der Waals surface area contributed by atoms with Crippen molar-refractivity contribution in [3.05, 3.63) is 70.8 Å². The van der Waals surface area contributed by atoms with Crippen LogP contribution in [0.1, 0.15) is 22.3 Å². The van der Waals surface area contributed by atoms with Crippen LogP contribution in [0, 0.1) is 13.8 Å². The van der Waals surface area contributed by atoms with Gasteiger partial charge in [-0.15, -0.1) is 0 Å². The monoisotopic (exact) mass is 253 g/mol. The quantitative estimate of drug-likeness (QED) is 0.891. The third kappa shape index (κ3) is 4.25. The molecule has 0 saturated carbocycles. The first-order valence-electron chi connectivity index (χ1n) is 6.51. The van der Waals surface area contributed by atoms with Crippen molar-refractivity contribution in [1.82, 2.24) is 5.32 Å². The van der Waals surface area contributed by atoms with Crippen molar-refractivity contribution >= 4 is 5.91 Å². The minimum Gasteiger partial charge on any atom is -0.352 e. The number of aryl methyl sites for hydroxylation is 2. The van der Waals surface area contributed by atoms with Crippen LogP contribution in [-0.2, 0) is 17.8 Å². The second-order valence-electron chi connectivity index (χ2n) is 4.92. The number of carbonyl (C=O) groups excluding carboxylic acids is 1. The van der Waals surface area contributed by atoms with E-state index in [0.29, 0.717) is 13.0 Å². The Kier molecular flexibility index (Phi) is 4.35. The molecule has 0 saturated heterocycles. The predicted octanol–water partition coefficient (Wildman–Crippen LogP) is 3.16. The zero-order valence-electron chi connectivity index (χ0n) is 11.4. The Labute approximate surface area is 114 Å². The van der Waals surface area contributed by atoms with Gasteiger partial charge in [0.15, 0.2) is 0 Å². The molecule has 2 heteroatoms. The van der Waals surface area contributed by atoms with E-state index in [0.717, 1.165) is 11.1 Å². The number of rotatable bonds is 4. The molecule has 0 aliphatic rings. The SMILES string of the molecule is Cc1ccc(CNC(=O)Cc2ccc(C)cc2)cc1. The fourth-order valence-electron chi connectivity index (χ4n) is 1.86. The molecule has 2 aromatic carbocycles. The zero-order chi connectivity index (χ0) is 13.7. The smallest absolute Gasteiger partial charge is 0.224 e. The Morgan fingerprint density at radius 2 is 1.32 bits per heavy atom. The highest BCUT2D eigenvalue weighted by molar-refractivity contribution is 5.78. The Morgan fingerprint density at radius 3 is 1.84 bits per heavy atom. The summed E-state index contributed by atoms with van der Waals surface area (Å²) in [4.78, 5) is 11.8. The molecule has 0 radical (unpaired) electrons. The molecule has 0 aromatic heterocycles. The molecule has 0 unspecified atom stereocenters. The number of nitrogens with one attached hydrogen (secondary N) is 1. The second-order valence-corrected chi connectivity index (χ2v) is 4.92. The molecule has 0 spiro atoms. The maximum Gasteiger partial charge on any atom is 0.224 e. The van der Waals surface area contributed by atoms with Crippen molar-refractivity contribution in [3.63, 3.8) is 0 Å². The zero-order valence-corrected chi connectivity index (χ0v) is 11.4. The second kappa shape index (κ2) is 6.19. The van der Waals surface area contributed by atoms with Gasteiger partial charge in [-0.2, -0.15) is 0 Å². The number of hydrogen-bond acceptors (Lipinski definition) is 1. The lowest BCUT2D eigenvalue weighted by Gasteiger charge is -2.06. The summed E-state index contributed by atoms with van der Waals surface area (Å²) in [5.41, 5.74) is 4.62. The van der Waals surface area contributed by atoms with Gasteiger partial charge in [-0.1, -0.05) is 59.7 Å². The van der Waals surface area contributed by atoms with E-state index in [1.165, 1.54) is 11.1 Å². The molecule has 19 heavy (non-hydrogen) atoms. The maximum atomic E-state index is 11.8. The Bertz CT molecular complexity index is 540. The van der Waals surface area contributed by atoms with E-state index < -0.39 is 0 Å². The van der Waals surface area contributed by atoms with Crippen LogP contribution < -0.4 is 5.32 Å². The minimum absolute atomic E-state index is 0.0597. The van der Waals surface area contributed by atoms with Crippen LogP contribution in [0.5, 0.6) is 0 Å². The third-order valence-corrected chi connectivity index (χ3v) is 3.10. The van der Waals surface area contributed by atoms with Crippen molar-refractivity contribution < 1.29 is 4.79 Å². The molecule has 0 heterocycles. The van der Waals surface area contributed by atoms with Crippen LogP contribution in [0.2, 0.25) is 0 Å². The molecule has 2 nitrogen and oxygen atoms in total. The Hall–Kier alpha value is -2.09. The van der Waals surface area contributed by atoms with Crippen molar-refractivity contribution in [2.75, 3.05) is 0 Å². The van der Waals surface area contributed by atoms with Gasteiger partial charge in [0.1, 0.15) is 0 Å². The van der Waals surface area contributed by atoms with Gasteiger partial charge in [0, 0.05) is 6.54 Å². The summed E-state index contributed by atoms with van der Waals surface area (Å²) in [5.74, 6) is 0.0597. The van der Waals surface area contributed by atoms with Gasteiger partial charge in [0.25, 0.3) is 0 Å². The Balaban J connectivity index is 1.84. The van der Waals surface area contributed by atoms with Crippen LogP contribution in [0.4, 0.5) is 0 Å². The fourth-order valence-corrected chi connectivity index (χ4v) is 1.86. The van der Waals surface area contributed by atoms with Crippen LogP contribution in [-0.4, -0.2) is 5.91 Å². The summed E-state index contributed by atoms with van der Waals surface area (Å²) in [6.45, 7) is 4.69. The molecule has 98 valence electrons. The van der Waals surface area contributed by atoms with E-state index in [1.807, 2.05) is 43.3 Å². The van der Waals surface area contributed by atoms with E-state index in [-0.39, 0.29) is 5.91 Å². The summed E-state index contributed by atoms with van der Waals surface area (Å²) >= 11 is 0. The Morgan fingerprint density at radius 1 is 0.842 bits per heavy atom. The van der Waals surface area contributed by atoms with Crippen molar-refractivity contribution in [2.45, 2.75) is 26.8 Å². The summed E-state index contributed by atoms with van der Waals surface area (Å²) in [6.07, 6.45) is 0.437. The molecule has 1 N–H and O–H groups in total. The summed E-state index contributed by atoms with van der Waals surface area (Å²) < 4.78 is 0. The van der Waals surface area contributed by atoms with Gasteiger partial charge in [-0.25, -0.2) is 0 Å². The van der Waals surface area contributed by atoms with E-state index in [9.17, 15) is 4.79 Å². The average molecular weight is 253 g/mol. The third-order valence-electron chi connectivity index (χ3n) is 3.10. The molecule has 2 aromatic rings. The van der Waals surface area contributed by atoms with Crippen LogP contribution >= 0.6 is 0 Å². The lowest BCUT2D eigenvalue weighted by Crippen LogP contribution is -2.24. The van der Waals surface area contributed by atoms with Gasteiger partial charge in [0.05, 0.1) is 6.42 Å². The standard InChI is InChI=1S/C17H19NO/c1-13-3-7-15(8-4-13)11-17(19)18-12-16-9-5-14(2)6-10-16/h3-10H,11-12H2,1-2H3,(H,18,19). The average Bonchev–Trinajstić information content (AvgIpc) is 2.41. The highest BCUT2D eigenvalue weighted by Crippen LogP contribution is 2.05. The number of carbonyl (C=O) groups is 1. The van der Waals surface area contributed by atoms with Gasteiger partial charge >= 0.3 is 0 Å². The first kappa shape index (κ1) is 13.3. The van der Waals surface area contributed by atoms with Gasteiger partial charge < -0.3 is 5.32 Å². The lowest BCUT2D eigenvalue weighted by molar-refractivity contribution is -0.120.